The lowest BCUT2D eigenvalue weighted by molar-refractivity contribution is -0.250. The normalized spacial score (nSPS) is 33.2. The zero-order valence-electron chi connectivity index (χ0n) is 10.6. The van der Waals surface area contributed by atoms with Crippen molar-refractivity contribution in [2.24, 2.45) is 0 Å². The van der Waals surface area contributed by atoms with Crippen LogP contribution in [-0.2, 0) is 9.03 Å². The smallest absolute Gasteiger partial charge is 0.192 e. The number of halogens is 2. The molecule has 0 saturated carbocycles. The molecule has 3 N–H and O–H groups in total. The maximum absolute atomic E-state index is 10.0. The maximum Gasteiger partial charge on any atom is 0.192 e. The minimum Gasteiger partial charge on any atom is -0.470 e. The summed E-state index contributed by atoms with van der Waals surface area (Å²) in [5.74, 6) is 0.438. The lowest BCUT2D eigenvalue weighted by atomic mass is 10.1. The fraction of sp³-hybridized carbons (Fsp3) is 0.385. The van der Waals surface area contributed by atoms with Gasteiger partial charge in [0, 0.05) is 17.0 Å². The van der Waals surface area contributed by atoms with E-state index in [1.807, 2.05) is 24.3 Å². The van der Waals surface area contributed by atoms with Crippen LogP contribution < -0.4 is 4.74 Å². The third-order valence-corrected chi connectivity index (χ3v) is 4.29. The summed E-state index contributed by atoms with van der Waals surface area (Å²) in [5, 5.41) is 19.9. The summed E-state index contributed by atoms with van der Waals surface area (Å²) >= 11 is 8.61. The third-order valence-electron chi connectivity index (χ3n) is 3.35. The summed E-state index contributed by atoms with van der Waals surface area (Å²) in [6.07, 6.45) is -4.39. The molecule has 0 radical (unpaired) electrons. The van der Waals surface area contributed by atoms with Crippen LogP contribution in [0, 0.1) is 0 Å². The SMILES string of the molecule is O[C@@H]1[C@@H](Oc2cc3ccccc3[nH]2)[C@H](OCl)C(Br)O[C@H]1O. The first-order valence-corrected chi connectivity index (χ1v) is 7.50. The molecular formula is C13H13BrClNO5. The number of hydrogen-bond acceptors (Lipinski definition) is 5. The molecule has 1 aromatic heterocycles. The number of aliphatic hydroxyl groups is 2. The molecule has 0 bridgehead atoms. The number of H-pyrrole nitrogens is 1. The van der Waals surface area contributed by atoms with Gasteiger partial charge in [0.15, 0.2) is 24.4 Å². The fourth-order valence-electron chi connectivity index (χ4n) is 2.28. The third kappa shape index (κ3) is 2.90. The summed E-state index contributed by atoms with van der Waals surface area (Å²) in [7, 11) is 0. The number of para-hydroxylation sites is 1. The molecule has 114 valence electrons. The van der Waals surface area contributed by atoms with Crippen LogP contribution in [0.3, 0.4) is 0 Å². The number of rotatable bonds is 3. The molecule has 1 aliphatic heterocycles. The standard InChI is InChI=1S/C13H13BrClNO5/c14-12-11(21-15)10(9(17)13(18)20-12)19-8-5-6-3-1-2-4-7(6)16-8/h1-5,9-13,16-18H/t9-,10-,11+,12?,13-/m1/s1. The quantitative estimate of drug-likeness (QED) is 0.710. The van der Waals surface area contributed by atoms with Crippen LogP contribution in [0.1, 0.15) is 0 Å². The molecular weight excluding hydrogens is 366 g/mol. The number of nitrogens with one attached hydrogen (secondary N) is 1. The molecule has 5 atom stereocenters. The van der Waals surface area contributed by atoms with E-state index in [0.717, 1.165) is 10.9 Å². The van der Waals surface area contributed by atoms with Crippen LogP contribution >= 0.6 is 27.8 Å². The Bertz CT molecular complexity index is 590. The van der Waals surface area contributed by atoms with Gasteiger partial charge in [0.25, 0.3) is 0 Å². The molecule has 1 unspecified atom stereocenters. The molecule has 8 heteroatoms. The lowest BCUT2D eigenvalue weighted by Gasteiger charge is -2.38. The van der Waals surface area contributed by atoms with Crippen molar-refractivity contribution in [3.63, 3.8) is 0 Å². The average molecular weight is 379 g/mol. The van der Waals surface area contributed by atoms with E-state index in [1.54, 1.807) is 6.07 Å². The monoisotopic (exact) mass is 377 g/mol. The Morgan fingerprint density at radius 2 is 2.00 bits per heavy atom. The molecule has 2 aromatic rings. The maximum atomic E-state index is 10.0. The molecule has 1 fully saturated rings. The number of aromatic nitrogens is 1. The van der Waals surface area contributed by atoms with Gasteiger partial charge in [0.2, 0.25) is 0 Å². The number of hydrogen-bond donors (Lipinski definition) is 3. The van der Waals surface area contributed by atoms with E-state index in [-0.39, 0.29) is 0 Å². The van der Waals surface area contributed by atoms with Gasteiger partial charge in [-0.2, -0.15) is 0 Å². The first kappa shape index (κ1) is 15.1. The Hall–Kier alpha value is -0.830. The zero-order valence-corrected chi connectivity index (χ0v) is 13.0. The largest absolute Gasteiger partial charge is 0.470 e. The van der Waals surface area contributed by atoms with Gasteiger partial charge in [-0.3, -0.25) is 4.29 Å². The number of alkyl halides is 1. The van der Waals surface area contributed by atoms with Crippen molar-refractivity contribution < 1.29 is 24.0 Å². The van der Waals surface area contributed by atoms with Crippen molar-refractivity contribution in [1.82, 2.24) is 4.98 Å². The summed E-state index contributed by atoms with van der Waals surface area (Å²) in [6, 6.07) is 9.43. The summed E-state index contributed by atoms with van der Waals surface area (Å²) in [4.78, 5) is 3.07. The average Bonchev–Trinajstić information content (AvgIpc) is 2.87. The van der Waals surface area contributed by atoms with Crippen molar-refractivity contribution in [1.29, 1.82) is 0 Å². The highest BCUT2D eigenvalue weighted by Gasteiger charge is 2.46. The highest BCUT2D eigenvalue weighted by molar-refractivity contribution is 9.09. The van der Waals surface area contributed by atoms with Crippen LogP contribution in [0.15, 0.2) is 30.3 Å². The van der Waals surface area contributed by atoms with E-state index in [9.17, 15) is 10.2 Å². The predicted octanol–water partition coefficient (Wildman–Crippen LogP) is 1.88. The van der Waals surface area contributed by atoms with Crippen LogP contribution in [-0.4, -0.2) is 44.8 Å². The van der Waals surface area contributed by atoms with Gasteiger partial charge in [0.1, 0.15) is 11.1 Å². The highest BCUT2D eigenvalue weighted by atomic mass is 79.9. The minimum atomic E-state index is -1.40. The number of benzene rings is 1. The van der Waals surface area contributed by atoms with Crippen LogP contribution in [0.5, 0.6) is 5.88 Å². The van der Waals surface area contributed by atoms with Gasteiger partial charge >= 0.3 is 0 Å². The Kier molecular flexibility index (Phi) is 4.39. The summed E-state index contributed by atoms with van der Waals surface area (Å²) < 4.78 is 15.5. The van der Waals surface area contributed by atoms with Crippen molar-refractivity contribution >= 4 is 38.7 Å². The van der Waals surface area contributed by atoms with E-state index < -0.39 is 29.6 Å². The van der Waals surface area contributed by atoms with E-state index in [1.165, 1.54) is 0 Å². The molecule has 0 spiro atoms. The van der Waals surface area contributed by atoms with E-state index in [2.05, 4.69) is 20.9 Å². The molecule has 0 aliphatic carbocycles. The van der Waals surface area contributed by atoms with E-state index in [0.29, 0.717) is 5.88 Å². The molecule has 3 rings (SSSR count). The van der Waals surface area contributed by atoms with Crippen LogP contribution in [0.2, 0.25) is 0 Å². The Labute approximate surface area is 133 Å². The Balaban J connectivity index is 1.86. The van der Waals surface area contributed by atoms with Gasteiger partial charge in [-0.25, -0.2) is 0 Å². The van der Waals surface area contributed by atoms with Crippen molar-refractivity contribution in [2.45, 2.75) is 29.6 Å². The van der Waals surface area contributed by atoms with Crippen LogP contribution in [0.25, 0.3) is 10.9 Å². The number of ether oxygens (including phenoxy) is 2. The van der Waals surface area contributed by atoms with Crippen molar-refractivity contribution in [3.8, 4) is 5.88 Å². The summed E-state index contributed by atoms with van der Waals surface area (Å²) in [5.41, 5.74) is 0.897. The van der Waals surface area contributed by atoms with Crippen LogP contribution in [0.4, 0.5) is 0 Å². The van der Waals surface area contributed by atoms with Gasteiger partial charge in [-0.1, -0.05) is 34.1 Å². The van der Waals surface area contributed by atoms with E-state index >= 15 is 0 Å². The van der Waals surface area contributed by atoms with E-state index in [4.69, 9.17) is 25.6 Å². The molecule has 6 nitrogen and oxygen atoms in total. The molecule has 1 aliphatic rings. The Morgan fingerprint density at radius 1 is 1.24 bits per heavy atom. The molecule has 21 heavy (non-hydrogen) atoms. The number of aliphatic hydroxyl groups excluding tert-OH is 2. The first-order chi connectivity index (χ1) is 10.1. The molecule has 1 saturated heterocycles. The van der Waals surface area contributed by atoms with Crippen molar-refractivity contribution in [2.75, 3.05) is 0 Å². The number of aromatic amines is 1. The first-order valence-electron chi connectivity index (χ1n) is 6.27. The number of fused-ring (bicyclic) bond motifs is 1. The predicted molar refractivity (Wildman–Crippen MR) is 79.3 cm³/mol. The van der Waals surface area contributed by atoms with Gasteiger partial charge in [0.05, 0.1) is 11.9 Å². The Morgan fingerprint density at radius 3 is 2.71 bits per heavy atom. The van der Waals surface area contributed by atoms with Gasteiger partial charge < -0.3 is 24.7 Å². The fourth-order valence-corrected chi connectivity index (χ4v) is 3.23. The topological polar surface area (TPSA) is 83.9 Å². The second-order valence-electron chi connectivity index (χ2n) is 4.73. The second kappa shape index (κ2) is 6.12. The lowest BCUT2D eigenvalue weighted by Crippen LogP contribution is -2.58. The molecule has 2 heterocycles. The zero-order chi connectivity index (χ0) is 15.0. The second-order valence-corrected chi connectivity index (χ2v) is 5.81. The van der Waals surface area contributed by atoms with Crippen molar-refractivity contribution in [3.05, 3.63) is 30.3 Å². The highest BCUT2D eigenvalue weighted by Crippen LogP contribution is 2.30. The van der Waals surface area contributed by atoms with Gasteiger partial charge in [-0.05, 0) is 6.07 Å². The molecule has 1 aromatic carbocycles. The van der Waals surface area contributed by atoms with Gasteiger partial charge in [-0.15, -0.1) is 0 Å². The minimum absolute atomic E-state index is 0.438. The molecule has 0 amide bonds. The summed E-state index contributed by atoms with van der Waals surface area (Å²) in [6.45, 7) is 0.